The molecule has 0 unspecified atom stereocenters. The Kier molecular flexibility index (Phi) is 7.40. The van der Waals surface area contributed by atoms with Crippen LogP contribution in [0.1, 0.15) is 29.6 Å². The Morgan fingerprint density at radius 2 is 1.52 bits per heavy atom. The Labute approximate surface area is 141 Å². The number of benzene rings is 2. The van der Waals surface area contributed by atoms with E-state index in [1.807, 2.05) is 36.4 Å². The van der Waals surface area contributed by atoms with Crippen LogP contribution in [0.5, 0.6) is 0 Å². The maximum atomic E-state index is 11.9. The van der Waals surface area contributed by atoms with Crippen molar-refractivity contribution in [2.45, 2.75) is 24.2 Å². The zero-order valence-electron chi connectivity index (χ0n) is 13.0. The van der Waals surface area contributed by atoms with E-state index in [9.17, 15) is 9.59 Å². The third-order valence-electron chi connectivity index (χ3n) is 3.33. The molecule has 2 aromatic rings. The van der Waals surface area contributed by atoms with Gasteiger partial charge in [0, 0.05) is 29.8 Å². The van der Waals surface area contributed by atoms with Gasteiger partial charge in [-0.1, -0.05) is 48.5 Å². The molecule has 120 valence electrons. The summed E-state index contributed by atoms with van der Waals surface area (Å²) in [5.41, 5.74) is 0.666. The lowest BCUT2D eigenvalue weighted by Gasteiger charge is -2.05. The van der Waals surface area contributed by atoms with Crippen molar-refractivity contribution in [2.75, 3.05) is 12.3 Å². The van der Waals surface area contributed by atoms with Crippen LogP contribution < -0.4 is 5.32 Å². The summed E-state index contributed by atoms with van der Waals surface area (Å²) in [6, 6.07) is 19.3. The molecule has 2 aromatic carbocycles. The molecule has 0 aromatic heterocycles. The lowest BCUT2D eigenvalue weighted by Crippen LogP contribution is -2.25. The third-order valence-corrected chi connectivity index (χ3v) is 4.43. The molecule has 0 heterocycles. The minimum absolute atomic E-state index is 0.0142. The molecule has 1 amide bonds. The summed E-state index contributed by atoms with van der Waals surface area (Å²) < 4.78 is 0. The van der Waals surface area contributed by atoms with Gasteiger partial charge in [0.25, 0.3) is 0 Å². The number of hydrogen-bond acceptors (Lipinski definition) is 3. The standard InChI is InChI=1S/C19H21NO2S/c21-18(16-8-3-1-4-9-16)12-13-19(22)20-14-7-15-23-17-10-5-2-6-11-17/h1-6,8-11H,7,12-15H2,(H,20,22). The van der Waals surface area contributed by atoms with Crippen LogP contribution in [0.4, 0.5) is 0 Å². The van der Waals surface area contributed by atoms with Gasteiger partial charge in [-0.05, 0) is 24.3 Å². The van der Waals surface area contributed by atoms with E-state index in [2.05, 4.69) is 17.4 Å². The van der Waals surface area contributed by atoms with Gasteiger partial charge in [-0.25, -0.2) is 0 Å². The number of ketones is 1. The summed E-state index contributed by atoms with van der Waals surface area (Å²) in [7, 11) is 0. The van der Waals surface area contributed by atoms with Crippen LogP contribution >= 0.6 is 11.8 Å². The highest BCUT2D eigenvalue weighted by Crippen LogP contribution is 2.17. The van der Waals surface area contributed by atoms with Gasteiger partial charge in [0.05, 0.1) is 0 Å². The van der Waals surface area contributed by atoms with Crippen molar-refractivity contribution in [3.05, 3.63) is 66.2 Å². The molecule has 1 N–H and O–H groups in total. The first-order valence-corrected chi connectivity index (χ1v) is 8.77. The normalized spacial score (nSPS) is 10.3. The largest absolute Gasteiger partial charge is 0.356 e. The van der Waals surface area contributed by atoms with Crippen molar-refractivity contribution >= 4 is 23.5 Å². The Morgan fingerprint density at radius 1 is 0.870 bits per heavy atom. The van der Waals surface area contributed by atoms with E-state index in [0.717, 1.165) is 12.2 Å². The quantitative estimate of drug-likeness (QED) is 0.431. The zero-order chi connectivity index (χ0) is 16.3. The third kappa shape index (κ3) is 6.70. The molecule has 0 saturated heterocycles. The predicted molar refractivity (Wildman–Crippen MR) is 94.8 cm³/mol. The number of amides is 1. The fourth-order valence-corrected chi connectivity index (χ4v) is 2.96. The molecule has 0 aliphatic heterocycles. The summed E-state index contributed by atoms with van der Waals surface area (Å²) in [5.74, 6) is 0.923. The van der Waals surface area contributed by atoms with Crippen molar-refractivity contribution < 1.29 is 9.59 Å². The molecule has 23 heavy (non-hydrogen) atoms. The number of hydrogen-bond donors (Lipinski definition) is 1. The number of thioether (sulfide) groups is 1. The van der Waals surface area contributed by atoms with E-state index in [1.54, 1.807) is 23.9 Å². The minimum Gasteiger partial charge on any atom is -0.356 e. The number of rotatable bonds is 9. The van der Waals surface area contributed by atoms with Crippen molar-refractivity contribution in [3.8, 4) is 0 Å². The first-order chi connectivity index (χ1) is 11.3. The van der Waals surface area contributed by atoms with Gasteiger partial charge in [-0.2, -0.15) is 0 Å². The van der Waals surface area contributed by atoms with E-state index in [0.29, 0.717) is 12.1 Å². The molecular formula is C19H21NO2S. The van der Waals surface area contributed by atoms with Crippen LogP contribution in [0, 0.1) is 0 Å². The van der Waals surface area contributed by atoms with Gasteiger partial charge in [0.1, 0.15) is 0 Å². The average molecular weight is 327 g/mol. The number of carbonyl (C=O) groups is 2. The van der Waals surface area contributed by atoms with Crippen LogP contribution in [0.15, 0.2) is 65.6 Å². The fourth-order valence-electron chi connectivity index (χ4n) is 2.09. The number of carbonyl (C=O) groups excluding carboxylic acids is 2. The molecule has 0 fully saturated rings. The van der Waals surface area contributed by atoms with Crippen LogP contribution in [0.25, 0.3) is 0 Å². The summed E-state index contributed by atoms with van der Waals surface area (Å²) in [6.07, 6.45) is 1.42. The van der Waals surface area contributed by atoms with Crippen LogP contribution in [-0.2, 0) is 4.79 Å². The van der Waals surface area contributed by atoms with E-state index in [-0.39, 0.29) is 24.5 Å². The molecule has 0 saturated carbocycles. The molecule has 0 atom stereocenters. The smallest absolute Gasteiger partial charge is 0.220 e. The number of Topliss-reactive ketones (excluding diaryl/α,β-unsaturated/α-hetero) is 1. The van der Waals surface area contributed by atoms with Gasteiger partial charge < -0.3 is 5.32 Å². The zero-order valence-corrected chi connectivity index (χ0v) is 13.9. The van der Waals surface area contributed by atoms with E-state index < -0.39 is 0 Å². The Balaban J connectivity index is 1.56. The Morgan fingerprint density at radius 3 is 2.22 bits per heavy atom. The maximum Gasteiger partial charge on any atom is 0.220 e. The van der Waals surface area contributed by atoms with E-state index in [1.165, 1.54) is 4.90 Å². The van der Waals surface area contributed by atoms with Crippen molar-refractivity contribution in [3.63, 3.8) is 0 Å². The molecule has 0 spiro atoms. The average Bonchev–Trinajstić information content (AvgIpc) is 2.61. The van der Waals surface area contributed by atoms with E-state index in [4.69, 9.17) is 0 Å². The monoisotopic (exact) mass is 327 g/mol. The van der Waals surface area contributed by atoms with Crippen LogP contribution in [-0.4, -0.2) is 24.0 Å². The first kappa shape index (κ1) is 17.3. The lowest BCUT2D eigenvalue weighted by atomic mass is 10.1. The predicted octanol–water partition coefficient (Wildman–Crippen LogP) is 3.95. The Bertz CT molecular complexity index is 614. The summed E-state index contributed by atoms with van der Waals surface area (Å²) >= 11 is 1.78. The highest BCUT2D eigenvalue weighted by molar-refractivity contribution is 7.99. The van der Waals surface area contributed by atoms with Gasteiger partial charge in [-0.3, -0.25) is 9.59 Å². The molecule has 0 aliphatic carbocycles. The maximum absolute atomic E-state index is 11.9. The molecular weight excluding hydrogens is 306 g/mol. The second-order valence-corrected chi connectivity index (χ2v) is 6.32. The highest BCUT2D eigenvalue weighted by Gasteiger charge is 2.08. The first-order valence-electron chi connectivity index (χ1n) is 7.78. The molecule has 0 bridgehead atoms. The summed E-state index contributed by atoms with van der Waals surface area (Å²) in [5, 5.41) is 2.87. The Hall–Kier alpha value is -2.07. The van der Waals surface area contributed by atoms with Crippen molar-refractivity contribution in [1.29, 1.82) is 0 Å². The van der Waals surface area contributed by atoms with Gasteiger partial charge >= 0.3 is 0 Å². The SMILES string of the molecule is O=C(CCC(=O)c1ccccc1)NCCCSc1ccccc1. The van der Waals surface area contributed by atoms with Crippen LogP contribution in [0.3, 0.4) is 0 Å². The van der Waals surface area contributed by atoms with Gasteiger partial charge in [0.15, 0.2) is 5.78 Å². The highest BCUT2D eigenvalue weighted by atomic mass is 32.2. The molecule has 0 aliphatic rings. The van der Waals surface area contributed by atoms with Crippen molar-refractivity contribution in [2.24, 2.45) is 0 Å². The molecule has 4 heteroatoms. The second kappa shape index (κ2) is 9.85. The second-order valence-electron chi connectivity index (χ2n) is 5.15. The van der Waals surface area contributed by atoms with E-state index >= 15 is 0 Å². The fraction of sp³-hybridized carbons (Fsp3) is 0.263. The topological polar surface area (TPSA) is 46.2 Å². The van der Waals surface area contributed by atoms with Crippen LogP contribution in [0.2, 0.25) is 0 Å². The van der Waals surface area contributed by atoms with Crippen molar-refractivity contribution in [1.82, 2.24) is 5.32 Å². The summed E-state index contributed by atoms with van der Waals surface area (Å²) in [4.78, 5) is 24.9. The molecule has 3 nitrogen and oxygen atoms in total. The van der Waals surface area contributed by atoms with Gasteiger partial charge in [-0.15, -0.1) is 11.8 Å². The van der Waals surface area contributed by atoms with Gasteiger partial charge in [0.2, 0.25) is 5.91 Å². The number of nitrogens with one attached hydrogen (secondary N) is 1. The minimum atomic E-state index is -0.0565. The molecule has 0 radical (unpaired) electrons. The lowest BCUT2D eigenvalue weighted by molar-refractivity contribution is -0.121. The summed E-state index contributed by atoms with van der Waals surface area (Å²) in [6.45, 7) is 0.651. The molecule has 2 rings (SSSR count).